The normalized spacial score (nSPS) is 16.6. The summed E-state index contributed by atoms with van der Waals surface area (Å²) in [5, 5.41) is 1.06. The third kappa shape index (κ3) is 61.4. The number of hydrogen-bond acceptors (Lipinski definition) is 10. The third-order valence-electron chi connectivity index (χ3n) is 8.38. The van der Waals surface area contributed by atoms with Gasteiger partial charge in [-0.2, -0.15) is 0 Å². The molecule has 0 aliphatic carbocycles. The molecule has 0 aromatic carbocycles. The fourth-order valence-corrected chi connectivity index (χ4v) is 2.86. The zero-order valence-electron chi connectivity index (χ0n) is 41.1. The molecule has 2 unspecified atom stereocenters. The van der Waals surface area contributed by atoms with Gasteiger partial charge in [0.05, 0.1) is 14.3 Å². The van der Waals surface area contributed by atoms with Gasteiger partial charge >= 0.3 is 0 Å². The van der Waals surface area contributed by atoms with Crippen molar-refractivity contribution in [3.05, 3.63) is 0 Å². The average Bonchev–Trinajstić information content (AvgIpc) is 2.96. The molecular weight excluding hydrogens is 867 g/mol. The van der Waals surface area contributed by atoms with E-state index >= 15 is 0 Å². The molecule has 0 aromatic rings. The Bertz CT molecular complexity index is 1390. The molecule has 352 valence electrons. The molecule has 0 fully saturated rings. The molecule has 0 aliphatic rings. The van der Waals surface area contributed by atoms with Crippen LogP contribution in [0.4, 0.5) is 0 Å². The van der Waals surface area contributed by atoms with Crippen LogP contribution in [0.25, 0.3) is 0 Å². The van der Waals surface area contributed by atoms with Gasteiger partial charge in [0, 0.05) is 121 Å². The van der Waals surface area contributed by atoms with E-state index in [0.717, 1.165) is 12.3 Å². The van der Waals surface area contributed by atoms with E-state index < -0.39 is 74.4 Å². The lowest BCUT2D eigenvalue weighted by Gasteiger charge is -2.17. The van der Waals surface area contributed by atoms with Crippen LogP contribution in [-0.2, 0) is 69.2 Å². The molecule has 56 heavy (non-hydrogen) atoms. The van der Waals surface area contributed by atoms with E-state index in [0.29, 0.717) is 21.8 Å². The smallest absolute Gasteiger partial charge is 0.0896 e. The van der Waals surface area contributed by atoms with Crippen LogP contribution in [0.2, 0.25) is 0 Å². The fourth-order valence-electron chi connectivity index (χ4n) is 0.954. The Kier molecular flexibility index (Phi) is 46.8. The van der Waals surface area contributed by atoms with Crippen LogP contribution in [-0.4, -0.2) is 143 Å². The largest absolute Gasteiger partial charge is 0.324 e. The van der Waals surface area contributed by atoms with Gasteiger partial charge < -0.3 is 9.13 Å². The number of nitrogens with one attached hydrogen (secondary N) is 2. The molecule has 0 saturated carbocycles. The first-order valence-corrected chi connectivity index (χ1v) is 35.4. The second kappa shape index (κ2) is 35.3. The highest BCUT2D eigenvalue weighted by Gasteiger charge is 2.20. The van der Waals surface area contributed by atoms with Gasteiger partial charge in [0.1, 0.15) is 0 Å². The lowest BCUT2D eigenvalue weighted by molar-refractivity contribution is 0.569. The molecule has 0 bridgehead atoms. The van der Waals surface area contributed by atoms with Gasteiger partial charge in [-0.1, -0.05) is 125 Å². The van der Waals surface area contributed by atoms with Crippen LogP contribution in [0, 0.1) is 9.56 Å². The second-order valence-electron chi connectivity index (χ2n) is 16.4. The van der Waals surface area contributed by atoms with Crippen molar-refractivity contribution in [3.63, 3.8) is 0 Å². The Hall–Kier alpha value is 0.700. The van der Waals surface area contributed by atoms with Crippen molar-refractivity contribution < 1.29 is 34.4 Å². The van der Waals surface area contributed by atoms with Crippen molar-refractivity contribution >= 4 is 86.1 Å². The predicted octanol–water partition coefficient (Wildman–Crippen LogP) is 9.99. The quantitative estimate of drug-likeness (QED) is 0.160. The maximum Gasteiger partial charge on any atom is 0.0896 e. The minimum Gasteiger partial charge on any atom is -0.324 e. The van der Waals surface area contributed by atoms with E-state index in [1.165, 1.54) is 12.5 Å². The molecular formula is C38H96N2O8P2S6. The van der Waals surface area contributed by atoms with E-state index in [-0.39, 0.29) is 21.0 Å². The van der Waals surface area contributed by atoms with Crippen molar-refractivity contribution in [2.45, 2.75) is 167 Å². The van der Waals surface area contributed by atoms with Crippen molar-refractivity contribution in [1.29, 1.82) is 9.56 Å². The molecule has 0 heterocycles. The number of hydrogen-bond donors (Lipinski definition) is 2. The SMILES string of the molecule is C=S(C)(=O)C(C)C.C=S(C)(=O)C(C)C.CC(C)P(C)(C)=O.CC(C)[S@@](C)(=N)=O.CC(C)[S@@](C)=O.CC(C)[S@](C)(=N)=O.CC(C)[S@](C)=O.CCP(=O)(CC)C(C)C. The number of rotatable bonds is 10. The summed E-state index contributed by atoms with van der Waals surface area (Å²) in [6.07, 6.45) is 11.4. The zero-order chi connectivity index (χ0) is 48.2. The first kappa shape index (κ1) is 74.2. The molecule has 0 spiro atoms. The second-order valence-corrected chi connectivity index (χ2v) is 40.1. The van der Waals surface area contributed by atoms with Crippen LogP contribution >= 0.6 is 14.3 Å². The van der Waals surface area contributed by atoms with Gasteiger partial charge in [-0.05, 0) is 56.4 Å². The Morgan fingerprint density at radius 1 is 0.500 bits per heavy atom. The Morgan fingerprint density at radius 3 is 0.625 bits per heavy atom. The summed E-state index contributed by atoms with van der Waals surface area (Å²) in [6.45, 7) is 38.3. The molecule has 18 heteroatoms. The standard InChI is InChI=1S/C7H17OP.C5H13OP.2C5H12OS.2C4H11NOS.2C4H10OS/c1-5-9(8,6-2)7(3)4;3*1-5(2)7(3,4)6;2*1-4(2)7(3,5)6;2*1-4(2)6(3)5/h7H,5-6H2,1-4H3;5H,1-4H3;2*5H,3H2,1-2,4H3;2*4-5H,1-3H3;2*4H,1-3H3/t;;;;2*7-;2*6-/m....1010/s1. The maximum atomic E-state index is 11.7. The van der Waals surface area contributed by atoms with E-state index in [9.17, 15) is 34.4 Å². The van der Waals surface area contributed by atoms with Gasteiger partial charge in [0.15, 0.2) is 0 Å². The molecule has 6 atom stereocenters. The van der Waals surface area contributed by atoms with Crippen molar-refractivity contribution in [2.24, 2.45) is 0 Å². The van der Waals surface area contributed by atoms with Gasteiger partial charge in [-0.15, -0.1) is 0 Å². The molecule has 10 nitrogen and oxygen atoms in total. The molecule has 0 amide bonds. The molecule has 0 aliphatic heterocycles. The molecule has 0 rings (SSSR count). The van der Waals surface area contributed by atoms with Gasteiger partial charge in [0.25, 0.3) is 0 Å². The molecule has 2 N–H and O–H groups in total. The first-order chi connectivity index (χ1) is 24.1. The van der Waals surface area contributed by atoms with Crippen LogP contribution in [0.1, 0.15) is 125 Å². The van der Waals surface area contributed by atoms with Gasteiger partial charge in [-0.25, -0.2) is 8.42 Å². The topological polar surface area (TPSA) is 184 Å². The van der Waals surface area contributed by atoms with Crippen LogP contribution in [0.3, 0.4) is 0 Å². The molecule has 0 radical (unpaired) electrons. The average molecular weight is 964 g/mol. The van der Waals surface area contributed by atoms with Crippen LogP contribution in [0.15, 0.2) is 0 Å². The first-order valence-electron chi connectivity index (χ1n) is 18.9. The molecule has 0 saturated heterocycles. The summed E-state index contributed by atoms with van der Waals surface area (Å²) < 4.78 is 99.6. The highest BCUT2D eigenvalue weighted by molar-refractivity contribution is 8.00. The zero-order valence-corrected chi connectivity index (χ0v) is 47.7. The lowest BCUT2D eigenvalue weighted by atomic mass is 10.6. The minimum atomic E-state index is -2.24. The van der Waals surface area contributed by atoms with E-state index in [4.69, 9.17) is 9.56 Å². The minimum absolute atomic E-state index is 0.00694. The van der Waals surface area contributed by atoms with E-state index in [1.54, 1.807) is 52.7 Å². The summed E-state index contributed by atoms with van der Waals surface area (Å²) >= 11 is 0. The molecule has 0 aromatic heterocycles. The van der Waals surface area contributed by atoms with Crippen LogP contribution in [0.5, 0.6) is 0 Å². The van der Waals surface area contributed by atoms with Crippen molar-refractivity contribution in [1.82, 2.24) is 0 Å². The Morgan fingerprint density at radius 2 is 0.625 bits per heavy atom. The summed E-state index contributed by atoms with van der Waals surface area (Å²) in [6, 6.07) is 0. The van der Waals surface area contributed by atoms with Gasteiger partial charge in [-0.3, -0.25) is 26.4 Å². The maximum absolute atomic E-state index is 11.7. The Balaban J connectivity index is -0.0000000786. The summed E-state index contributed by atoms with van der Waals surface area (Å²) in [4.78, 5) is 0. The Labute approximate surface area is 358 Å². The summed E-state index contributed by atoms with van der Waals surface area (Å²) in [5.74, 6) is 7.00. The van der Waals surface area contributed by atoms with Crippen molar-refractivity contribution in [2.75, 3.05) is 63.2 Å². The van der Waals surface area contributed by atoms with E-state index in [1.807, 2.05) is 110 Å². The predicted molar refractivity (Wildman–Crippen MR) is 273 cm³/mol. The highest BCUT2D eigenvalue weighted by Crippen LogP contribution is 2.49. The highest BCUT2D eigenvalue weighted by atomic mass is 32.2. The van der Waals surface area contributed by atoms with E-state index in [2.05, 4.69) is 11.7 Å². The lowest BCUT2D eigenvalue weighted by Crippen LogP contribution is -2.09. The summed E-state index contributed by atoms with van der Waals surface area (Å²) in [5.41, 5.74) is 0.736. The third-order valence-corrected chi connectivity index (χ3v) is 25.1. The fraction of sp³-hybridized carbons (Fsp3) is 0.947. The monoisotopic (exact) mass is 962 g/mol. The van der Waals surface area contributed by atoms with Gasteiger partial charge in [0.2, 0.25) is 0 Å². The van der Waals surface area contributed by atoms with Crippen LogP contribution < -0.4 is 0 Å². The summed E-state index contributed by atoms with van der Waals surface area (Å²) in [7, 11) is -12.7. The van der Waals surface area contributed by atoms with Crippen molar-refractivity contribution in [3.8, 4) is 0 Å².